The van der Waals surface area contributed by atoms with Crippen LogP contribution in [0.15, 0.2) is 18.2 Å². The second-order valence-electron chi connectivity index (χ2n) is 3.46. The third-order valence-corrected chi connectivity index (χ3v) is 3.48. The van der Waals surface area contributed by atoms with E-state index in [1.54, 1.807) is 0 Å². The molecule has 76 valence electrons. The van der Waals surface area contributed by atoms with Crippen molar-refractivity contribution in [1.82, 2.24) is 5.32 Å². The summed E-state index contributed by atoms with van der Waals surface area (Å²) in [6.45, 7) is 2.17. The minimum absolute atomic E-state index is 0.560. The number of hydrogen-bond acceptors (Lipinski definition) is 2. The van der Waals surface area contributed by atoms with Crippen LogP contribution >= 0.6 is 34.2 Å². The molecule has 0 saturated carbocycles. The minimum Gasteiger partial charge on any atom is -0.380 e. The van der Waals surface area contributed by atoms with Crippen LogP contribution in [0.25, 0.3) is 0 Å². The Morgan fingerprint density at radius 1 is 1.50 bits per heavy atom. The van der Waals surface area contributed by atoms with E-state index in [0.29, 0.717) is 6.04 Å². The normalized spacial score (nSPS) is 21.1. The molecule has 0 spiro atoms. The lowest BCUT2D eigenvalue weighted by Gasteiger charge is -2.14. The highest BCUT2D eigenvalue weighted by Gasteiger charge is 2.14. The quantitative estimate of drug-likeness (QED) is 0.818. The predicted octanol–water partition coefficient (Wildman–Crippen LogP) is 2.72. The van der Waals surface area contributed by atoms with E-state index in [0.717, 1.165) is 18.1 Å². The maximum absolute atomic E-state index is 5.89. The van der Waals surface area contributed by atoms with E-state index >= 15 is 0 Å². The fourth-order valence-corrected chi connectivity index (χ4v) is 2.63. The number of benzene rings is 1. The number of rotatable bonds is 2. The Morgan fingerprint density at radius 2 is 2.36 bits per heavy atom. The lowest BCUT2D eigenvalue weighted by molar-refractivity contribution is 0.792. The molecule has 1 aliphatic rings. The van der Waals surface area contributed by atoms with E-state index in [9.17, 15) is 0 Å². The summed E-state index contributed by atoms with van der Waals surface area (Å²) in [7, 11) is 0. The summed E-state index contributed by atoms with van der Waals surface area (Å²) in [6, 6.07) is 6.51. The van der Waals surface area contributed by atoms with E-state index in [4.69, 9.17) is 11.6 Å². The standard InChI is InChI=1S/C10H12ClIN2/c11-7-1-2-10(9(12)5-7)14-8-3-4-13-6-8/h1-2,5,8,13-14H,3-4,6H2. The molecule has 1 aromatic carbocycles. The molecule has 1 saturated heterocycles. The van der Waals surface area contributed by atoms with E-state index in [1.165, 1.54) is 15.7 Å². The van der Waals surface area contributed by atoms with Gasteiger partial charge >= 0.3 is 0 Å². The van der Waals surface area contributed by atoms with Crippen LogP contribution in [-0.4, -0.2) is 19.1 Å². The maximum atomic E-state index is 5.89. The van der Waals surface area contributed by atoms with Gasteiger partial charge in [-0.05, 0) is 53.8 Å². The van der Waals surface area contributed by atoms with Crippen LogP contribution < -0.4 is 10.6 Å². The summed E-state index contributed by atoms with van der Waals surface area (Å²) in [5.41, 5.74) is 1.18. The highest BCUT2D eigenvalue weighted by Crippen LogP contribution is 2.23. The van der Waals surface area contributed by atoms with Gasteiger partial charge in [-0.3, -0.25) is 0 Å². The van der Waals surface area contributed by atoms with Crippen molar-refractivity contribution in [1.29, 1.82) is 0 Å². The van der Waals surface area contributed by atoms with Crippen LogP contribution in [0.1, 0.15) is 6.42 Å². The molecule has 0 bridgehead atoms. The van der Waals surface area contributed by atoms with Crippen molar-refractivity contribution in [3.8, 4) is 0 Å². The monoisotopic (exact) mass is 322 g/mol. The molecule has 0 radical (unpaired) electrons. The molecule has 0 aliphatic carbocycles. The van der Waals surface area contributed by atoms with Gasteiger partial charge in [-0.2, -0.15) is 0 Å². The molecule has 14 heavy (non-hydrogen) atoms. The summed E-state index contributed by atoms with van der Waals surface area (Å²) >= 11 is 8.19. The van der Waals surface area contributed by atoms with Gasteiger partial charge in [0.15, 0.2) is 0 Å². The molecule has 1 heterocycles. The molecule has 1 unspecified atom stereocenters. The van der Waals surface area contributed by atoms with Crippen molar-refractivity contribution < 1.29 is 0 Å². The molecule has 0 amide bonds. The van der Waals surface area contributed by atoms with E-state index in [-0.39, 0.29) is 0 Å². The summed E-state index contributed by atoms with van der Waals surface area (Å²) in [4.78, 5) is 0. The molecular formula is C10H12ClIN2. The Kier molecular flexibility index (Phi) is 3.52. The van der Waals surface area contributed by atoms with Crippen molar-refractivity contribution >= 4 is 39.9 Å². The first-order valence-electron chi connectivity index (χ1n) is 4.68. The number of nitrogens with one attached hydrogen (secondary N) is 2. The zero-order chi connectivity index (χ0) is 9.97. The number of hydrogen-bond donors (Lipinski definition) is 2. The van der Waals surface area contributed by atoms with Gasteiger partial charge in [0.1, 0.15) is 0 Å². The summed E-state index contributed by atoms with van der Waals surface area (Å²) < 4.78 is 1.18. The van der Waals surface area contributed by atoms with Crippen LogP contribution in [0.3, 0.4) is 0 Å². The molecule has 0 aromatic heterocycles. The first-order chi connectivity index (χ1) is 6.75. The van der Waals surface area contributed by atoms with Crippen LogP contribution in [0.2, 0.25) is 5.02 Å². The van der Waals surface area contributed by atoms with Crippen molar-refractivity contribution in [3.63, 3.8) is 0 Å². The Bertz CT molecular complexity index is 324. The zero-order valence-corrected chi connectivity index (χ0v) is 10.6. The molecule has 1 aromatic rings. The van der Waals surface area contributed by atoms with Gasteiger partial charge in [0.25, 0.3) is 0 Å². The predicted molar refractivity (Wildman–Crippen MR) is 69.1 cm³/mol. The summed E-state index contributed by atoms with van der Waals surface area (Å²) in [6.07, 6.45) is 1.19. The topological polar surface area (TPSA) is 24.1 Å². The number of halogens is 2. The second-order valence-corrected chi connectivity index (χ2v) is 5.06. The molecule has 1 aliphatic heterocycles. The van der Waals surface area contributed by atoms with Gasteiger partial charge in [-0.1, -0.05) is 11.6 Å². The van der Waals surface area contributed by atoms with Crippen LogP contribution in [0.5, 0.6) is 0 Å². The zero-order valence-electron chi connectivity index (χ0n) is 7.69. The Morgan fingerprint density at radius 3 is 3.00 bits per heavy atom. The summed E-state index contributed by atoms with van der Waals surface area (Å²) in [5.74, 6) is 0. The minimum atomic E-state index is 0.560. The second kappa shape index (κ2) is 4.68. The van der Waals surface area contributed by atoms with Crippen LogP contribution in [0.4, 0.5) is 5.69 Å². The Labute approximate surface area is 103 Å². The Balaban J connectivity index is 2.08. The molecule has 2 nitrogen and oxygen atoms in total. The molecule has 2 N–H and O–H groups in total. The van der Waals surface area contributed by atoms with Gasteiger partial charge in [0.05, 0.1) is 0 Å². The van der Waals surface area contributed by atoms with Gasteiger partial charge in [0.2, 0.25) is 0 Å². The molecule has 4 heteroatoms. The fourth-order valence-electron chi connectivity index (χ4n) is 1.60. The van der Waals surface area contributed by atoms with Crippen LogP contribution in [0, 0.1) is 3.57 Å². The average Bonchev–Trinajstić information content (AvgIpc) is 2.62. The molecule has 1 fully saturated rings. The number of anilines is 1. The third kappa shape index (κ3) is 2.52. The van der Waals surface area contributed by atoms with Crippen LogP contribution in [-0.2, 0) is 0 Å². The first kappa shape index (κ1) is 10.5. The van der Waals surface area contributed by atoms with Crippen molar-refractivity contribution in [3.05, 3.63) is 26.8 Å². The van der Waals surface area contributed by atoms with E-state index in [1.807, 2.05) is 18.2 Å². The Hall–Kier alpha value is -0.000000000000000111. The fraction of sp³-hybridized carbons (Fsp3) is 0.400. The van der Waals surface area contributed by atoms with E-state index in [2.05, 4.69) is 33.2 Å². The largest absolute Gasteiger partial charge is 0.380 e. The van der Waals surface area contributed by atoms with Crippen molar-refractivity contribution in [2.24, 2.45) is 0 Å². The van der Waals surface area contributed by atoms with Gasteiger partial charge in [0, 0.05) is 26.9 Å². The molecular weight excluding hydrogens is 310 g/mol. The van der Waals surface area contributed by atoms with E-state index < -0.39 is 0 Å². The average molecular weight is 323 g/mol. The third-order valence-electron chi connectivity index (χ3n) is 2.35. The van der Waals surface area contributed by atoms with Crippen molar-refractivity contribution in [2.45, 2.75) is 12.5 Å². The highest BCUT2D eigenvalue weighted by atomic mass is 127. The molecule has 1 atom stereocenters. The van der Waals surface area contributed by atoms with Gasteiger partial charge in [-0.25, -0.2) is 0 Å². The van der Waals surface area contributed by atoms with Gasteiger partial charge in [-0.15, -0.1) is 0 Å². The summed E-state index contributed by atoms with van der Waals surface area (Å²) in [5, 5.41) is 7.64. The lowest BCUT2D eigenvalue weighted by atomic mass is 10.2. The molecule has 2 rings (SSSR count). The maximum Gasteiger partial charge on any atom is 0.0479 e. The first-order valence-corrected chi connectivity index (χ1v) is 6.13. The smallest absolute Gasteiger partial charge is 0.0479 e. The van der Waals surface area contributed by atoms with Gasteiger partial charge < -0.3 is 10.6 Å². The SMILES string of the molecule is Clc1ccc(NC2CCNC2)c(I)c1. The highest BCUT2D eigenvalue weighted by molar-refractivity contribution is 14.1. The lowest BCUT2D eigenvalue weighted by Crippen LogP contribution is -2.22. The van der Waals surface area contributed by atoms with Crippen molar-refractivity contribution in [2.75, 3.05) is 18.4 Å².